The minimum absolute atomic E-state index is 0.0422. The molecule has 2 heterocycles. The lowest BCUT2D eigenvalue weighted by molar-refractivity contribution is 0.0918. The summed E-state index contributed by atoms with van der Waals surface area (Å²) in [6.45, 7) is 0.360. The van der Waals surface area contributed by atoms with Crippen LogP contribution in [0.4, 0.5) is 0 Å². The van der Waals surface area contributed by atoms with Gasteiger partial charge in [0.25, 0.3) is 11.8 Å². The summed E-state index contributed by atoms with van der Waals surface area (Å²) in [5.41, 5.74) is 1.20. The van der Waals surface area contributed by atoms with Crippen molar-refractivity contribution in [3.8, 4) is 17.1 Å². The molecule has 1 aromatic carbocycles. The molecule has 27 heavy (non-hydrogen) atoms. The van der Waals surface area contributed by atoms with E-state index in [0.29, 0.717) is 30.1 Å². The lowest BCUT2D eigenvalue weighted by atomic mass is 10.2. The van der Waals surface area contributed by atoms with Crippen LogP contribution in [-0.4, -0.2) is 40.5 Å². The Labute approximate surface area is 155 Å². The number of hydrogen-bond donors (Lipinski definition) is 1. The lowest BCUT2D eigenvalue weighted by Gasteiger charge is -2.03. The van der Waals surface area contributed by atoms with Gasteiger partial charge < -0.3 is 14.6 Å². The molecule has 0 bridgehead atoms. The van der Waals surface area contributed by atoms with Gasteiger partial charge >= 0.3 is 0 Å². The third-order valence-corrected chi connectivity index (χ3v) is 3.80. The smallest absolute Gasteiger partial charge is 0.294 e. The highest BCUT2D eigenvalue weighted by atomic mass is 16.5. The fourth-order valence-corrected chi connectivity index (χ4v) is 2.35. The number of Topliss-reactive ketones (excluding diaryl/α,β-unsaturated/α-hetero) is 1. The Morgan fingerprint density at radius 3 is 2.70 bits per heavy atom. The van der Waals surface area contributed by atoms with Gasteiger partial charge in [0.15, 0.2) is 0 Å². The standard InChI is InChI=1S/C19H18N4O4/c1-26-15-8-6-13(7-9-15)17-22-19(27-23-17)16(24)5-3-11-21-18(25)14-4-2-10-20-12-14/h2,4,6-10,12H,3,5,11H2,1H3,(H,21,25). The quantitative estimate of drug-likeness (QED) is 0.482. The van der Waals surface area contributed by atoms with Gasteiger partial charge in [0.2, 0.25) is 11.6 Å². The van der Waals surface area contributed by atoms with Crippen molar-refractivity contribution in [3.63, 3.8) is 0 Å². The van der Waals surface area contributed by atoms with Crippen molar-refractivity contribution < 1.29 is 18.8 Å². The molecule has 0 aliphatic heterocycles. The molecule has 8 nitrogen and oxygen atoms in total. The van der Waals surface area contributed by atoms with E-state index in [0.717, 1.165) is 5.56 Å². The van der Waals surface area contributed by atoms with E-state index < -0.39 is 0 Å². The summed E-state index contributed by atoms with van der Waals surface area (Å²) in [6.07, 6.45) is 3.74. The fraction of sp³-hybridized carbons (Fsp3) is 0.211. The molecule has 1 amide bonds. The maximum Gasteiger partial charge on any atom is 0.294 e. The van der Waals surface area contributed by atoms with Gasteiger partial charge in [-0.05, 0) is 42.8 Å². The van der Waals surface area contributed by atoms with Gasteiger partial charge in [-0.25, -0.2) is 0 Å². The van der Waals surface area contributed by atoms with Crippen molar-refractivity contribution in [1.82, 2.24) is 20.4 Å². The molecule has 8 heteroatoms. The Kier molecular flexibility index (Phi) is 5.88. The zero-order valence-electron chi connectivity index (χ0n) is 14.7. The van der Waals surface area contributed by atoms with Gasteiger partial charge in [-0.3, -0.25) is 14.6 Å². The molecule has 3 rings (SSSR count). The Bertz CT molecular complexity index is 907. The molecule has 0 aliphatic carbocycles. The van der Waals surface area contributed by atoms with E-state index in [1.165, 1.54) is 6.20 Å². The highest BCUT2D eigenvalue weighted by Crippen LogP contribution is 2.20. The van der Waals surface area contributed by atoms with Crippen molar-refractivity contribution in [1.29, 1.82) is 0 Å². The molecular weight excluding hydrogens is 348 g/mol. The third kappa shape index (κ3) is 4.75. The van der Waals surface area contributed by atoms with Crippen molar-refractivity contribution in [2.45, 2.75) is 12.8 Å². The molecule has 0 aliphatic rings. The van der Waals surface area contributed by atoms with Crippen LogP contribution in [0.2, 0.25) is 0 Å². The van der Waals surface area contributed by atoms with Crippen LogP contribution in [0.25, 0.3) is 11.4 Å². The summed E-state index contributed by atoms with van der Waals surface area (Å²) in [6, 6.07) is 10.5. The first kappa shape index (κ1) is 18.2. The van der Waals surface area contributed by atoms with E-state index in [1.807, 2.05) is 0 Å². The number of benzene rings is 1. The van der Waals surface area contributed by atoms with Crippen LogP contribution in [0, 0.1) is 0 Å². The number of ketones is 1. The summed E-state index contributed by atoms with van der Waals surface area (Å²) in [4.78, 5) is 32.1. The van der Waals surface area contributed by atoms with E-state index in [1.54, 1.807) is 49.7 Å². The number of amides is 1. The fourth-order valence-electron chi connectivity index (χ4n) is 2.35. The van der Waals surface area contributed by atoms with Crippen LogP contribution in [0.1, 0.15) is 33.9 Å². The predicted octanol–water partition coefficient (Wildman–Crippen LogP) is 2.53. The van der Waals surface area contributed by atoms with E-state index in [2.05, 4.69) is 20.4 Å². The molecule has 0 atom stereocenters. The summed E-state index contributed by atoms with van der Waals surface area (Å²) >= 11 is 0. The first-order valence-corrected chi connectivity index (χ1v) is 8.37. The normalized spacial score (nSPS) is 10.4. The Balaban J connectivity index is 1.48. The molecule has 0 radical (unpaired) electrons. The number of pyridine rings is 1. The number of aromatic nitrogens is 3. The Hall–Kier alpha value is -3.55. The molecular formula is C19H18N4O4. The minimum atomic E-state index is -0.266. The molecule has 0 unspecified atom stereocenters. The van der Waals surface area contributed by atoms with Gasteiger partial charge in [0.1, 0.15) is 5.75 Å². The molecule has 3 aromatic rings. The van der Waals surface area contributed by atoms with Gasteiger partial charge in [-0.15, -0.1) is 0 Å². The Morgan fingerprint density at radius 2 is 2.00 bits per heavy atom. The number of ether oxygens (including phenoxy) is 1. The second-order valence-electron chi connectivity index (χ2n) is 5.68. The lowest BCUT2D eigenvalue weighted by Crippen LogP contribution is -2.24. The second-order valence-corrected chi connectivity index (χ2v) is 5.68. The van der Waals surface area contributed by atoms with Crippen molar-refractivity contribution in [3.05, 3.63) is 60.2 Å². The molecule has 1 N–H and O–H groups in total. The first-order chi connectivity index (χ1) is 13.2. The molecule has 0 saturated carbocycles. The maximum atomic E-state index is 12.2. The minimum Gasteiger partial charge on any atom is -0.497 e. The number of rotatable bonds is 8. The Morgan fingerprint density at radius 1 is 1.19 bits per heavy atom. The zero-order chi connectivity index (χ0) is 19.1. The molecule has 0 fully saturated rings. The van der Waals surface area contributed by atoms with Gasteiger partial charge in [-0.1, -0.05) is 5.16 Å². The second kappa shape index (κ2) is 8.70. The number of carbonyl (C=O) groups excluding carboxylic acids is 2. The summed E-state index contributed by atoms with van der Waals surface area (Å²) in [5, 5.41) is 6.57. The number of nitrogens with one attached hydrogen (secondary N) is 1. The highest BCUT2D eigenvalue weighted by Gasteiger charge is 2.16. The third-order valence-electron chi connectivity index (χ3n) is 3.80. The van der Waals surface area contributed by atoms with Gasteiger partial charge in [0.05, 0.1) is 12.7 Å². The summed E-state index contributed by atoms with van der Waals surface area (Å²) in [7, 11) is 1.58. The van der Waals surface area contributed by atoms with E-state index in [4.69, 9.17) is 9.26 Å². The van der Waals surface area contributed by atoms with Crippen LogP contribution in [-0.2, 0) is 0 Å². The van der Waals surface area contributed by atoms with Crippen LogP contribution in [0.3, 0.4) is 0 Å². The van der Waals surface area contributed by atoms with Gasteiger partial charge in [-0.2, -0.15) is 4.98 Å². The first-order valence-electron chi connectivity index (χ1n) is 8.37. The molecule has 2 aromatic heterocycles. The van der Waals surface area contributed by atoms with Crippen molar-refractivity contribution in [2.75, 3.05) is 13.7 Å². The number of nitrogens with zero attached hydrogens (tertiary/aromatic N) is 3. The average Bonchev–Trinajstić information content (AvgIpc) is 3.22. The van der Waals surface area contributed by atoms with Gasteiger partial charge in [0, 0.05) is 30.9 Å². The maximum absolute atomic E-state index is 12.2. The molecule has 0 spiro atoms. The topological polar surface area (TPSA) is 107 Å². The summed E-state index contributed by atoms with van der Waals surface area (Å²) in [5.74, 6) is 0.519. The average molecular weight is 366 g/mol. The van der Waals surface area contributed by atoms with Crippen LogP contribution >= 0.6 is 0 Å². The van der Waals surface area contributed by atoms with Crippen LogP contribution < -0.4 is 10.1 Å². The zero-order valence-corrected chi connectivity index (χ0v) is 14.7. The van der Waals surface area contributed by atoms with Crippen molar-refractivity contribution >= 4 is 11.7 Å². The van der Waals surface area contributed by atoms with Crippen LogP contribution in [0.5, 0.6) is 5.75 Å². The van der Waals surface area contributed by atoms with E-state index in [9.17, 15) is 9.59 Å². The number of hydrogen-bond acceptors (Lipinski definition) is 7. The highest BCUT2D eigenvalue weighted by molar-refractivity contribution is 5.94. The monoisotopic (exact) mass is 366 g/mol. The largest absolute Gasteiger partial charge is 0.497 e. The molecule has 138 valence electrons. The van der Waals surface area contributed by atoms with Crippen LogP contribution in [0.15, 0.2) is 53.3 Å². The van der Waals surface area contributed by atoms with Crippen molar-refractivity contribution in [2.24, 2.45) is 0 Å². The SMILES string of the molecule is COc1ccc(-c2noc(C(=O)CCCNC(=O)c3cccnc3)n2)cc1. The number of carbonyl (C=O) groups is 2. The predicted molar refractivity (Wildman–Crippen MR) is 96.4 cm³/mol. The number of methoxy groups -OCH3 is 1. The van der Waals surface area contributed by atoms with E-state index in [-0.39, 0.29) is 24.0 Å². The van der Waals surface area contributed by atoms with E-state index >= 15 is 0 Å². The summed E-state index contributed by atoms with van der Waals surface area (Å²) < 4.78 is 10.1. The molecule has 0 saturated heterocycles.